The molecule has 0 aliphatic rings. The normalized spacial score (nSPS) is 13.1. The van der Waals surface area contributed by atoms with E-state index in [9.17, 15) is 9.00 Å². The van der Waals surface area contributed by atoms with Crippen molar-refractivity contribution in [2.24, 2.45) is 0 Å². The fraction of sp³-hybridized carbons (Fsp3) is 0.238. The maximum atomic E-state index is 12.5. The summed E-state index contributed by atoms with van der Waals surface area (Å²) in [7, 11) is 0.345. The molecule has 0 aliphatic heterocycles. The number of carbonyl (C=O) groups excluding carboxylic acids is 1. The summed E-state index contributed by atoms with van der Waals surface area (Å²) in [4.78, 5) is 18.5. The molecular formula is C21H21ClN2O3S. The first-order valence-corrected chi connectivity index (χ1v) is 10.7. The largest absolute Gasteiger partial charge is 0.444 e. The third kappa shape index (κ3) is 5.09. The molecule has 1 amide bonds. The van der Waals surface area contributed by atoms with Crippen molar-refractivity contribution in [3.63, 3.8) is 0 Å². The van der Waals surface area contributed by atoms with Gasteiger partial charge in [-0.15, -0.1) is 0 Å². The highest BCUT2D eigenvalue weighted by molar-refractivity contribution is 7.84. The standard InChI is InChI=1S/C21H21ClN2O3S/c1-15(16-7-4-3-5-8-16)24(2)20(25)14-28(26)13-19-12-27-21(23-19)17-9-6-10-18(22)11-17/h3-12,15H,13-14H2,1-2H3. The fourth-order valence-electron chi connectivity index (χ4n) is 2.75. The fourth-order valence-corrected chi connectivity index (χ4v) is 3.99. The number of benzene rings is 2. The van der Waals surface area contributed by atoms with Crippen LogP contribution in [0.3, 0.4) is 0 Å². The lowest BCUT2D eigenvalue weighted by atomic mass is 10.1. The molecule has 0 spiro atoms. The smallest absolute Gasteiger partial charge is 0.235 e. The molecule has 0 bridgehead atoms. The van der Waals surface area contributed by atoms with Crippen LogP contribution in [0.5, 0.6) is 0 Å². The SMILES string of the molecule is CC(c1ccccc1)N(C)C(=O)CS(=O)Cc1coc(-c2cccc(Cl)c2)n1. The zero-order valence-corrected chi connectivity index (χ0v) is 17.2. The Hall–Kier alpha value is -2.44. The van der Waals surface area contributed by atoms with Crippen molar-refractivity contribution in [3.8, 4) is 11.5 Å². The van der Waals surface area contributed by atoms with Crippen LogP contribution >= 0.6 is 11.6 Å². The molecule has 146 valence electrons. The van der Waals surface area contributed by atoms with E-state index in [0.29, 0.717) is 16.6 Å². The van der Waals surface area contributed by atoms with Crippen molar-refractivity contribution in [2.45, 2.75) is 18.7 Å². The van der Waals surface area contributed by atoms with Crippen LogP contribution in [0.25, 0.3) is 11.5 Å². The summed E-state index contributed by atoms with van der Waals surface area (Å²) in [5.74, 6) is 0.333. The lowest BCUT2D eigenvalue weighted by molar-refractivity contribution is -0.129. The van der Waals surface area contributed by atoms with Crippen LogP contribution in [-0.4, -0.2) is 32.8 Å². The first kappa shape index (κ1) is 20.3. The maximum absolute atomic E-state index is 12.5. The van der Waals surface area contributed by atoms with E-state index in [2.05, 4.69) is 4.98 Å². The van der Waals surface area contributed by atoms with Crippen LogP contribution in [0.1, 0.15) is 24.2 Å². The summed E-state index contributed by atoms with van der Waals surface area (Å²) >= 11 is 5.98. The molecule has 2 aromatic carbocycles. The maximum Gasteiger partial charge on any atom is 0.235 e. The zero-order chi connectivity index (χ0) is 20.1. The van der Waals surface area contributed by atoms with Gasteiger partial charge < -0.3 is 9.32 Å². The number of nitrogens with zero attached hydrogens (tertiary/aromatic N) is 2. The van der Waals surface area contributed by atoms with Crippen LogP contribution in [0.2, 0.25) is 5.02 Å². The molecule has 7 heteroatoms. The molecule has 1 heterocycles. The van der Waals surface area contributed by atoms with E-state index < -0.39 is 10.8 Å². The molecule has 3 rings (SSSR count). The average molecular weight is 417 g/mol. The number of oxazole rings is 1. The summed E-state index contributed by atoms with van der Waals surface area (Å²) in [6.45, 7) is 1.95. The highest BCUT2D eigenvalue weighted by atomic mass is 35.5. The number of hydrogen-bond donors (Lipinski definition) is 0. The molecule has 3 aromatic rings. The predicted molar refractivity (Wildman–Crippen MR) is 111 cm³/mol. The number of carbonyl (C=O) groups is 1. The molecule has 0 N–H and O–H groups in total. The van der Waals surface area contributed by atoms with Gasteiger partial charge in [0, 0.05) is 28.4 Å². The predicted octanol–water partition coefficient (Wildman–Crippen LogP) is 4.46. The van der Waals surface area contributed by atoms with Crippen LogP contribution in [0, 0.1) is 0 Å². The number of rotatable bonds is 7. The van der Waals surface area contributed by atoms with Gasteiger partial charge in [0.25, 0.3) is 0 Å². The van der Waals surface area contributed by atoms with Gasteiger partial charge in [0.15, 0.2) is 0 Å². The highest BCUT2D eigenvalue weighted by Gasteiger charge is 2.20. The summed E-state index contributed by atoms with van der Waals surface area (Å²) in [6.07, 6.45) is 1.47. The Morgan fingerprint density at radius 2 is 1.96 bits per heavy atom. The van der Waals surface area contributed by atoms with E-state index in [-0.39, 0.29) is 23.5 Å². The quantitative estimate of drug-likeness (QED) is 0.570. The van der Waals surface area contributed by atoms with Crippen LogP contribution in [0.4, 0.5) is 0 Å². The van der Waals surface area contributed by atoms with Gasteiger partial charge in [0.1, 0.15) is 12.0 Å². The lowest BCUT2D eigenvalue weighted by Gasteiger charge is -2.25. The Kier molecular flexibility index (Phi) is 6.65. The molecule has 0 saturated carbocycles. The topological polar surface area (TPSA) is 63.4 Å². The van der Waals surface area contributed by atoms with Crippen molar-refractivity contribution >= 4 is 28.3 Å². The molecule has 28 heavy (non-hydrogen) atoms. The minimum atomic E-state index is -1.38. The summed E-state index contributed by atoms with van der Waals surface area (Å²) in [5.41, 5.74) is 2.32. The third-order valence-corrected chi connectivity index (χ3v) is 5.89. The van der Waals surface area contributed by atoms with Gasteiger partial charge in [-0.1, -0.05) is 48.0 Å². The molecule has 0 aliphatic carbocycles. The second-order valence-electron chi connectivity index (χ2n) is 6.47. The summed E-state index contributed by atoms with van der Waals surface area (Å²) < 4.78 is 17.9. The van der Waals surface area contributed by atoms with Crippen LogP contribution in [-0.2, 0) is 21.3 Å². The number of hydrogen-bond acceptors (Lipinski definition) is 4. The molecule has 5 nitrogen and oxygen atoms in total. The lowest BCUT2D eigenvalue weighted by Crippen LogP contribution is -2.33. The molecule has 2 atom stereocenters. The van der Waals surface area contributed by atoms with E-state index >= 15 is 0 Å². The second kappa shape index (κ2) is 9.17. The Morgan fingerprint density at radius 1 is 1.21 bits per heavy atom. The van der Waals surface area contributed by atoms with Gasteiger partial charge in [0.05, 0.1) is 17.5 Å². The molecular weight excluding hydrogens is 396 g/mol. The Balaban J connectivity index is 1.59. The first-order chi connectivity index (χ1) is 13.4. The number of halogens is 1. The minimum Gasteiger partial charge on any atom is -0.444 e. The van der Waals surface area contributed by atoms with E-state index in [1.807, 2.05) is 49.4 Å². The number of amides is 1. The number of aromatic nitrogens is 1. The molecule has 2 unspecified atom stereocenters. The van der Waals surface area contributed by atoms with Gasteiger partial charge in [-0.3, -0.25) is 9.00 Å². The third-order valence-electron chi connectivity index (χ3n) is 4.47. The van der Waals surface area contributed by atoms with E-state index in [0.717, 1.165) is 11.1 Å². The Morgan fingerprint density at radius 3 is 2.68 bits per heavy atom. The highest BCUT2D eigenvalue weighted by Crippen LogP contribution is 2.23. The van der Waals surface area contributed by atoms with Gasteiger partial charge in [-0.05, 0) is 30.7 Å². The average Bonchev–Trinajstić information content (AvgIpc) is 3.15. The van der Waals surface area contributed by atoms with Crippen molar-refractivity contribution in [2.75, 3.05) is 12.8 Å². The molecule has 0 radical (unpaired) electrons. The van der Waals surface area contributed by atoms with Gasteiger partial charge in [-0.25, -0.2) is 4.98 Å². The van der Waals surface area contributed by atoms with E-state index in [1.54, 1.807) is 24.1 Å². The summed E-state index contributed by atoms with van der Waals surface area (Å²) in [5, 5.41) is 0.585. The van der Waals surface area contributed by atoms with Crippen molar-refractivity contribution < 1.29 is 13.4 Å². The van der Waals surface area contributed by atoms with Gasteiger partial charge in [-0.2, -0.15) is 0 Å². The first-order valence-electron chi connectivity index (χ1n) is 8.80. The van der Waals surface area contributed by atoms with Crippen LogP contribution in [0.15, 0.2) is 65.3 Å². The second-order valence-corrected chi connectivity index (χ2v) is 8.37. The minimum absolute atomic E-state index is 0.0625. The van der Waals surface area contributed by atoms with Gasteiger partial charge >= 0.3 is 0 Å². The Bertz CT molecular complexity index is 975. The summed E-state index contributed by atoms with van der Waals surface area (Å²) in [6, 6.07) is 16.8. The molecule has 1 aromatic heterocycles. The van der Waals surface area contributed by atoms with E-state index in [1.165, 1.54) is 6.26 Å². The van der Waals surface area contributed by atoms with Crippen LogP contribution < -0.4 is 0 Å². The molecule has 0 saturated heterocycles. The Labute approximate surface area is 171 Å². The monoisotopic (exact) mass is 416 g/mol. The van der Waals surface area contributed by atoms with Gasteiger partial charge in [0.2, 0.25) is 11.8 Å². The van der Waals surface area contributed by atoms with E-state index in [4.69, 9.17) is 16.0 Å². The zero-order valence-electron chi connectivity index (χ0n) is 15.7. The molecule has 0 fully saturated rings. The van der Waals surface area contributed by atoms with Crippen molar-refractivity contribution in [1.82, 2.24) is 9.88 Å². The van der Waals surface area contributed by atoms with Crippen molar-refractivity contribution in [3.05, 3.63) is 77.1 Å². The van der Waals surface area contributed by atoms with Crippen molar-refractivity contribution in [1.29, 1.82) is 0 Å².